The molecule has 0 saturated heterocycles. The summed E-state index contributed by atoms with van der Waals surface area (Å²) in [5.41, 5.74) is -0.552. The van der Waals surface area contributed by atoms with Crippen LogP contribution in [0.5, 0.6) is 0 Å². The van der Waals surface area contributed by atoms with Crippen molar-refractivity contribution in [3.05, 3.63) is 22.4 Å². The summed E-state index contributed by atoms with van der Waals surface area (Å²) < 4.78 is 4.96. The number of hydrogen-bond donors (Lipinski definition) is 1. The molecule has 0 aromatic carbocycles. The third kappa shape index (κ3) is 3.12. The molecule has 1 atom stereocenters. The van der Waals surface area contributed by atoms with E-state index in [1.165, 1.54) is 31.2 Å². The molecule has 0 spiro atoms. The van der Waals surface area contributed by atoms with E-state index in [0.717, 1.165) is 13.0 Å². The second-order valence-electron chi connectivity index (χ2n) is 5.26. The molecule has 1 unspecified atom stereocenters. The fourth-order valence-corrected chi connectivity index (χ4v) is 3.07. The number of rotatable bonds is 6. The zero-order chi connectivity index (χ0) is 13.0. The Labute approximate surface area is 113 Å². The predicted molar refractivity (Wildman–Crippen MR) is 73.5 cm³/mol. The summed E-state index contributed by atoms with van der Waals surface area (Å²) in [6, 6.07) is 4.11. The molecule has 1 heterocycles. The highest BCUT2D eigenvalue weighted by molar-refractivity contribution is 7.09. The van der Waals surface area contributed by atoms with Crippen molar-refractivity contribution in [3.8, 4) is 0 Å². The van der Waals surface area contributed by atoms with E-state index in [1.54, 1.807) is 11.3 Å². The van der Waals surface area contributed by atoms with Gasteiger partial charge >= 0.3 is 5.97 Å². The maximum atomic E-state index is 12.0. The standard InChI is InChI=1S/C14H21NO2S/c1-14(13(16)17-2,9-11-5-3-6-11)15-10-12-7-4-8-18-12/h4,7-8,11,15H,3,5-6,9-10H2,1-2H3. The van der Waals surface area contributed by atoms with E-state index in [2.05, 4.69) is 16.8 Å². The Morgan fingerprint density at radius 3 is 2.89 bits per heavy atom. The Morgan fingerprint density at radius 1 is 1.61 bits per heavy atom. The monoisotopic (exact) mass is 267 g/mol. The van der Waals surface area contributed by atoms with Gasteiger partial charge in [-0.25, -0.2) is 0 Å². The number of carbonyl (C=O) groups excluding carboxylic acids is 1. The molecule has 3 nitrogen and oxygen atoms in total. The second kappa shape index (κ2) is 5.85. The Balaban J connectivity index is 1.96. The SMILES string of the molecule is COC(=O)C(C)(CC1CCC1)NCc1cccs1. The maximum absolute atomic E-state index is 12.0. The molecule has 0 amide bonds. The quantitative estimate of drug-likeness (QED) is 0.805. The van der Waals surface area contributed by atoms with Crippen LogP contribution < -0.4 is 5.32 Å². The first-order valence-electron chi connectivity index (χ1n) is 6.50. The summed E-state index contributed by atoms with van der Waals surface area (Å²) in [5.74, 6) is 0.524. The zero-order valence-electron chi connectivity index (χ0n) is 11.1. The molecule has 1 saturated carbocycles. The molecule has 1 aromatic rings. The lowest BCUT2D eigenvalue weighted by Crippen LogP contribution is -2.51. The van der Waals surface area contributed by atoms with E-state index >= 15 is 0 Å². The van der Waals surface area contributed by atoms with Crippen LogP contribution >= 0.6 is 11.3 Å². The van der Waals surface area contributed by atoms with Crippen LogP contribution in [0.1, 0.15) is 37.5 Å². The van der Waals surface area contributed by atoms with Gasteiger partial charge < -0.3 is 4.74 Å². The number of methoxy groups -OCH3 is 1. The molecule has 1 aliphatic rings. The maximum Gasteiger partial charge on any atom is 0.325 e. The van der Waals surface area contributed by atoms with Crippen LogP contribution in [0.25, 0.3) is 0 Å². The normalized spacial score (nSPS) is 19.0. The van der Waals surface area contributed by atoms with Crippen molar-refractivity contribution in [3.63, 3.8) is 0 Å². The van der Waals surface area contributed by atoms with Crippen molar-refractivity contribution in [1.29, 1.82) is 0 Å². The lowest BCUT2D eigenvalue weighted by molar-refractivity contribution is -0.149. The molecule has 0 radical (unpaired) electrons. The molecule has 0 bridgehead atoms. The second-order valence-corrected chi connectivity index (χ2v) is 6.29. The number of esters is 1. The van der Waals surface area contributed by atoms with Crippen LogP contribution in [-0.2, 0) is 16.1 Å². The van der Waals surface area contributed by atoms with Crippen molar-refractivity contribution in [2.24, 2.45) is 5.92 Å². The molecule has 1 fully saturated rings. The highest BCUT2D eigenvalue weighted by atomic mass is 32.1. The van der Waals surface area contributed by atoms with Gasteiger partial charge in [0, 0.05) is 11.4 Å². The Bertz CT molecular complexity index is 387. The summed E-state index contributed by atoms with van der Waals surface area (Å²) in [6.45, 7) is 2.70. The molecule has 2 rings (SSSR count). The predicted octanol–water partition coefficient (Wildman–Crippen LogP) is 2.96. The molecular weight excluding hydrogens is 246 g/mol. The molecule has 1 aliphatic carbocycles. The van der Waals surface area contributed by atoms with Gasteiger partial charge in [-0.1, -0.05) is 25.3 Å². The van der Waals surface area contributed by atoms with Crippen molar-refractivity contribution in [2.75, 3.05) is 7.11 Å². The summed E-state index contributed by atoms with van der Waals surface area (Å²) in [7, 11) is 1.47. The number of ether oxygens (including phenoxy) is 1. The van der Waals surface area contributed by atoms with Crippen molar-refractivity contribution in [1.82, 2.24) is 5.32 Å². The van der Waals surface area contributed by atoms with E-state index in [0.29, 0.717) is 5.92 Å². The van der Waals surface area contributed by atoms with Gasteiger partial charge in [0.15, 0.2) is 0 Å². The smallest absolute Gasteiger partial charge is 0.325 e. The first kappa shape index (κ1) is 13.6. The van der Waals surface area contributed by atoms with Crippen LogP contribution in [0.3, 0.4) is 0 Å². The minimum absolute atomic E-state index is 0.147. The van der Waals surface area contributed by atoms with Gasteiger partial charge in [-0.05, 0) is 30.7 Å². The van der Waals surface area contributed by atoms with Gasteiger partial charge in [0.05, 0.1) is 7.11 Å². The first-order valence-corrected chi connectivity index (χ1v) is 7.38. The topological polar surface area (TPSA) is 38.3 Å². The fraction of sp³-hybridized carbons (Fsp3) is 0.643. The molecule has 4 heteroatoms. The minimum atomic E-state index is -0.552. The fourth-order valence-electron chi connectivity index (χ4n) is 2.42. The van der Waals surface area contributed by atoms with Crippen LogP contribution in [0.2, 0.25) is 0 Å². The lowest BCUT2D eigenvalue weighted by atomic mass is 9.76. The molecule has 1 N–H and O–H groups in total. The molecule has 0 aliphatic heterocycles. The average Bonchev–Trinajstić information content (AvgIpc) is 2.83. The van der Waals surface area contributed by atoms with Crippen LogP contribution in [0, 0.1) is 5.92 Å². The molecule has 100 valence electrons. The van der Waals surface area contributed by atoms with Gasteiger partial charge in [0.1, 0.15) is 5.54 Å². The molecule has 18 heavy (non-hydrogen) atoms. The third-order valence-electron chi connectivity index (χ3n) is 3.79. The molecule has 1 aromatic heterocycles. The highest BCUT2D eigenvalue weighted by Gasteiger charge is 2.37. The highest BCUT2D eigenvalue weighted by Crippen LogP contribution is 2.34. The third-order valence-corrected chi connectivity index (χ3v) is 4.67. The Morgan fingerprint density at radius 2 is 2.39 bits per heavy atom. The summed E-state index contributed by atoms with van der Waals surface area (Å²) in [5, 5.41) is 5.44. The van der Waals surface area contributed by atoms with Crippen molar-refractivity contribution in [2.45, 2.75) is 44.7 Å². The summed E-state index contributed by atoms with van der Waals surface area (Å²) >= 11 is 1.71. The zero-order valence-corrected chi connectivity index (χ0v) is 11.9. The Hall–Kier alpha value is -0.870. The lowest BCUT2D eigenvalue weighted by Gasteiger charge is -2.35. The van der Waals surface area contributed by atoms with E-state index in [4.69, 9.17) is 4.74 Å². The van der Waals surface area contributed by atoms with E-state index in [1.807, 2.05) is 13.0 Å². The van der Waals surface area contributed by atoms with Crippen LogP contribution in [0.15, 0.2) is 17.5 Å². The number of carbonyl (C=O) groups is 1. The van der Waals surface area contributed by atoms with Crippen molar-refractivity contribution >= 4 is 17.3 Å². The van der Waals surface area contributed by atoms with Crippen molar-refractivity contribution < 1.29 is 9.53 Å². The van der Waals surface area contributed by atoms with E-state index in [-0.39, 0.29) is 5.97 Å². The van der Waals surface area contributed by atoms with Gasteiger partial charge in [0.25, 0.3) is 0 Å². The number of thiophene rings is 1. The van der Waals surface area contributed by atoms with Gasteiger partial charge in [-0.3, -0.25) is 10.1 Å². The minimum Gasteiger partial charge on any atom is -0.468 e. The average molecular weight is 267 g/mol. The van der Waals surface area contributed by atoms with E-state index in [9.17, 15) is 4.79 Å². The largest absolute Gasteiger partial charge is 0.468 e. The van der Waals surface area contributed by atoms with Gasteiger partial charge in [0.2, 0.25) is 0 Å². The van der Waals surface area contributed by atoms with E-state index < -0.39 is 5.54 Å². The summed E-state index contributed by atoms with van der Waals surface area (Å²) in [6.07, 6.45) is 4.67. The first-order chi connectivity index (χ1) is 8.64. The Kier molecular flexibility index (Phi) is 4.40. The molecular formula is C14H21NO2S. The van der Waals surface area contributed by atoms with Crippen LogP contribution in [-0.4, -0.2) is 18.6 Å². The number of hydrogen-bond acceptors (Lipinski definition) is 4. The number of nitrogens with one attached hydrogen (secondary N) is 1. The van der Waals surface area contributed by atoms with Crippen LogP contribution in [0.4, 0.5) is 0 Å². The van der Waals surface area contributed by atoms with Gasteiger partial charge in [-0.2, -0.15) is 0 Å². The summed E-state index contributed by atoms with van der Waals surface area (Å²) in [4.78, 5) is 13.2. The van der Waals surface area contributed by atoms with Gasteiger partial charge in [-0.15, -0.1) is 11.3 Å².